The van der Waals surface area contributed by atoms with Gasteiger partial charge in [-0.2, -0.15) is 0 Å². The molecule has 1 atom stereocenters. The summed E-state index contributed by atoms with van der Waals surface area (Å²) >= 11 is 0. The zero-order valence-electron chi connectivity index (χ0n) is 10.0. The van der Waals surface area contributed by atoms with E-state index in [2.05, 4.69) is 20.8 Å². The van der Waals surface area contributed by atoms with Crippen LogP contribution in [-0.2, 0) is 9.47 Å². The summed E-state index contributed by atoms with van der Waals surface area (Å²) in [4.78, 5) is 0. The molecule has 0 aliphatic carbocycles. The van der Waals surface area contributed by atoms with Crippen molar-refractivity contribution in [3.63, 3.8) is 0 Å². The molecule has 0 radical (unpaired) electrons. The fourth-order valence-electron chi connectivity index (χ4n) is 1.08. The maximum atomic E-state index is 5.90. The number of methoxy groups -OCH3 is 1. The second-order valence-corrected chi connectivity index (χ2v) is 4.93. The summed E-state index contributed by atoms with van der Waals surface area (Å²) in [7, 11) is 1.67. The van der Waals surface area contributed by atoms with Crippen LogP contribution < -0.4 is 5.73 Å². The zero-order valence-corrected chi connectivity index (χ0v) is 10.0. The predicted octanol–water partition coefficient (Wildman–Crippen LogP) is 1.80. The minimum atomic E-state index is 0.158. The average molecular weight is 203 g/mol. The van der Waals surface area contributed by atoms with Crippen LogP contribution in [0.3, 0.4) is 0 Å². The molecule has 86 valence electrons. The van der Waals surface area contributed by atoms with Gasteiger partial charge >= 0.3 is 0 Å². The van der Waals surface area contributed by atoms with Crippen molar-refractivity contribution < 1.29 is 9.47 Å². The largest absolute Gasteiger partial charge is 0.382 e. The normalized spacial score (nSPS) is 14.4. The first-order valence-electron chi connectivity index (χ1n) is 5.28. The molecule has 0 aliphatic heterocycles. The number of nitrogens with two attached hydrogens (primary N) is 1. The van der Waals surface area contributed by atoms with Gasteiger partial charge in [-0.3, -0.25) is 0 Å². The van der Waals surface area contributed by atoms with Crippen molar-refractivity contribution in [1.29, 1.82) is 0 Å². The lowest BCUT2D eigenvalue weighted by molar-refractivity contribution is 0.0613. The zero-order chi connectivity index (χ0) is 11.0. The Bertz CT molecular complexity index is 132. The van der Waals surface area contributed by atoms with Crippen molar-refractivity contribution in [3.8, 4) is 0 Å². The van der Waals surface area contributed by atoms with E-state index in [-0.39, 0.29) is 6.04 Å². The van der Waals surface area contributed by atoms with Crippen LogP contribution in [0.15, 0.2) is 0 Å². The lowest BCUT2D eigenvalue weighted by Crippen LogP contribution is -2.28. The summed E-state index contributed by atoms with van der Waals surface area (Å²) in [6.07, 6.45) is 2.16. The Hall–Kier alpha value is -0.120. The molecule has 2 N–H and O–H groups in total. The van der Waals surface area contributed by atoms with Gasteiger partial charge in [0, 0.05) is 13.2 Å². The standard InChI is InChI=1S/C11H25NO2/c1-11(2,3)6-5-10(12)9-14-8-7-13-4/h10H,5-9,12H2,1-4H3. The molecule has 14 heavy (non-hydrogen) atoms. The molecule has 0 heterocycles. The van der Waals surface area contributed by atoms with Crippen molar-refractivity contribution in [2.24, 2.45) is 11.1 Å². The summed E-state index contributed by atoms with van der Waals surface area (Å²) in [6, 6.07) is 0.158. The van der Waals surface area contributed by atoms with Crippen LogP contribution in [0.25, 0.3) is 0 Å². The van der Waals surface area contributed by atoms with E-state index in [0.29, 0.717) is 25.2 Å². The highest BCUT2D eigenvalue weighted by atomic mass is 16.5. The molecule has 0 saturated carbocycles. The third-order valence-electron chi connectivity index (χ3n) is 2.03. The Morgan fingerprint density at radius 2 is 1.86 bits per heavy atom. The summed E-state index contributed by atoms with van der Waals surface area (Å²) in [5.74, 6) is 0. The van der Waals surface area contributed by atoms with Gasteiger partial charge in [0.2, 0.25) is 0 Å². The summed E-state index contributed by atoms with van der Waals surface area (Å²) in [5, 5.41) is 0. The van der Waals surface area contributed by atoms with Crippen LogP contribution in [0.5, 0.6) is 0 Å². The SMILES string of the molecule is COCCOCC(N)CCC(C)(C)C. The molecule has 3 nitrogen and oxygen atoms in total. The second-order valence-electron chi connectivity index (χ2n) is 4.93. The third-order valence-corrected chi connectivity index (χ3v) is 2.03. The quantitative estimate of drug-likeness (QED) is 0.642. The van der Waals surface area contributed by atoms with Crippen molar-refractivity contribution in [3.05, 3.63) is 0 Å². The first-order chi connectivity index (χ1) is 6.45. The van der Waals surface area contributed by atoms with E-state index in [1.807, 2.05) is 0 Å². The van der Waals surface area contributed by atoms with Crippen molar-refractivity contribution >= 4 is 0 Å². The molecule has 3 heteroatoms. The first-order valence-corrected chi connectivity index (χ1v) is 5.28. The average Bonchev–Trinajstić information content (AvgIpc) is 2.08. The lowest BCUT2D eigenvalue weighted by atomic mass is 9.89. The van der Waals surface area contributed by atoms with Gasteiger partial charge in [-0.1, -0.05) is 20.8 Å². The van der Waals surface area contributed by atoms with Crippen molar-refractivity contribution in [2.45, 2.75) is 39.7 Å². The Balaban J connectivity index is 3.32. The molecule has 0 spiro atoms. The molecule has 1 unspecified atom stereocenters. The van der Waals surface area contributed by atoms with E-state index in [9.17, 15) is 0 Å². The molecular weight excluding hydrogens is 178 g/mol. The second kappa shape index (κ2) is 7.21. The highest BCUT2D eigenvalue weighted by molar-refractivity contribution is 4.67. The summed E-state index contributed by atoms with van der Waals surface area (Å²) < 4.78 is 10.2. The van der Waals surface area contributed by atoms with E-state index in [4.69, 9.17) is 15.2 Å². The van der Waals surface area contributed by atoms with Crippen LogP contribution in [0.2, 0.25) is 0 Å². The van der Waals surface area contributed by atoms with E-state index < -0.39 is 0 Å². The Labute approximate surface area is 88.0 Å². The van der Waals surface area contributed by atoms with Gasteiger partial charge in [0.15, 0.2) is 0 Å². The molecule has 0 rings (SSSR count). The molecule has 0 bridgehead atoms. The van der Waals surface area contributed by atoms with Crippen LogP contribution in [0, 0.1) is 5.41 Å². The van der Waals surface area contributed by atoms with Gasteiger partial charge in [0.05, 0.1) is 19.8 Å². The van der Waals surface area contributed by atoms with Crippen molar-refractivity contribution in [2.75, 3.05) is 26.9 Å². The van der Waals surface area contributed by atoms with E-state index in [1.54, 1.807) is 7.11 Å². The highest BCUT2D eigenvalue weighted by Gasteiger charge is 2.12. The van der Waals surface area contributed by atoms with Crippen molar-refractivity contribution in [1.82, 2.24) is 0 Å². The Kier molecular flexibility index (Phi) is 7.15. The van der Waals surface area contributed by atoms with E-state index >= 15 is 0 Å². The van der Waals surface area contributed by atoms with Gasteiger partial charge in [-0.05, 0) is 18.3 Å². The predicted molar refractivity (Wildman–Crippen MR) is 59.4 cm³/mol. The van der Waals surface area contributed by atoms with E-state index in [1.165, 1.54) is 0 Å². The van der Waals surface area contributed by atoms with Crippen LogP contribution in [0.1, 0.15) is 33.6 Å². The Morgan fingerprint density at radius 3 is 2.36 bits per heavy atom. The topological polar surface area (TPSA) is 44.5 Å². The number of hydrogen-bond acceptors (Lipinski definition) is 3. The molecule has 0 aromatic heterocycles. The fraction of sp³-hybridized carbons (Fsp3) is 1.00. The molecule has 0 aromatic rings. The summed E-state index contributed by atoms with van der Waals surface area (Å²) in [5.41, 5.74) is 6.26. The maximum absolute atomic E-state index is 5.90. The summed E-state index contributed by atoms with van der Waals surface area (Å²) in [6.45, 7) is 8.60. The lowest BCUT2D eigenvalue weighted by Gasteiger charge is -2.20. The molecule has 0 aromatic carbocycles. The monoisotopic (exact) mass is 203 g/mol. The minimum Gasteiger partial charge on any atom is -0.382 e. The maximum Gasteiger partial charge on any atom is 0.0701 e. The molecule has 0 fully saturated rings. The van der Waals surface area contributed by atoms with Gasteiger partial charge in [0.1, 0.15) is 0 Å². The highest BCUT2D eigenvalue weighted by Crippen LogP contribution is 2.21. The van der Waals surface area contributed by atoms with Crippen LogP contribution in [0.4, 0.5) is 0 Å². The van der Waals surface area contributed by atoms with E-state index in [0.717, 1.165) is 12.8 Å². The van der Waals surface area contributed by atoms with Crippen LogP contribution in [-0.4, -0.2) is 33.0 Å². The van der Waals surface area contributed by atoms with Gasteiger partial charge < -0.3 is 15.2 Å². The smallest absolute Gasteiger partial charge is 0.0701 e. The third kappa shape index (κ3) is 9.96. The fourth-order valence-corrected chi connectivity index (χ4v) is 1.08. The molecule has 0 amide bonds. The van der Waals surface area contributed by atoms with Crippen LogP contribution >= 0.6 is 0 Å². The molecule has 0 aliphatic rings. The van der Waals surface area contributed by atoms with Gasteiger partial charge in [-0.25, -0.2) is 0 Å². The van der Waals surface area contributed by atoms with Gasteiger partial charge in [0.25, 0.3) is 0 Å². The Morgan fingerprint density at radius 1 is 1.21 bits per heavy atom. The van der Waals surface area contributed by atoms with Gasteiger partial charge in [-0.15, -0.1) is 0 Å². The number of ether oxygens (including phenoxy) is 2. The minimum absolute atomic E-state index is 0.158. The first kappa shape index (κ1) is 13.9. The number of rotatable bonds is 7. The number of hydrogen-bond donors (Lipinski definition) is 1. The molecule has 0 saturated heterocycles. The molecular formula is C11H25NO2.